The monoisotopic (exact) mass is 592 g/mol. The van der Waals surface area contributed by atoms with Crippen LogP contribution in [-0.2, 0) is 0 Å². The third kappa shape index (κ3) is 3.62. The van der Waals surface area contributed by atoms with E-state index in [-0.39, 0.29) is 0 Å². The number of benzene rings is 8. The zero-order valence-corrected chi connectivity index (χ0v) is 25.3. The topological polar surface area (TPSA) is 0 Å². The molecule has 0 unspecified atom stereocenters. The lowest BCUT2D eigenvalue weighted by atomic mass is 9.94. The Morgan fingerprint density at radius 2 is 0.636 bits per heavy atom. The summed E-state index contributed by atoms with van der Waals surface area (Å²) in [7, 11) is 0. The van der Waals surface area contributed by atoms with Crippen LogP contribution in [0, 0.1) is 0 Å². The van der Waals surface area contributed by atoms with E-state index >= 15 is 0 Å². The molecule has 0 saturated carbocycles. The van der Waals surface area contributed by atoms with Crippen molar-refractivity contribution in [3.05, 3.63) is 146 Å². The minimum absolute atomic E-state index is 1.28. The highest BCUT2D eigenvalue weighted by Gasteiger charge is 2.14. The zero-order chi connectivity index (χ0) is 28.8. The number of fused-ring (bicyclic) bond motifs is 11. The van der Waals surface area contributed by atoms with Crippen LogP contribution >= 0.6 is 22.7 Å². The predicted octanol–water partition coefficient (Wildman–Crippen LogP) is 13.2. The molecule has 10 aromatic rings. The van der Waals surface area contributed by atoms with Crippen LogP contribution < -0.4 is 0 Å². The molecule has 0 atom stereocenters. The zero-order valence-electron chi connectivity index (χ0n) is 23.7. The Morgan fingerprint density at radius 3 is 1.07 bits per heavy atom. The van der Waals surface area contributed by atoms with Crippen molar-refractivity contribution >= 4 is 96.7 Å². The molecule has 44 heavy (non-hydrogen) atoms. The van der Waals surface area contributed by atoms with E-state index in [1.54, 1.807) is 0 Å². The molecule has 0 amide bonds. The minimum atomic E-state index is 1.28. The van der Waals surface area contributed by atoms with Crippen LogP contribution in [0.25, 0.3) is 94.9 Å². The smallest absolute Gasteiger partial charge is 0.0355 e. The molecule has 0 spiro atoms. The summed E-state index contributed by atoms with van der Waals surface area (Å²) in [6.07, 6.45) is 0. The molecule has 2 aromatic heterocycles. The standard InChI is InChI=1S/C42H24S2/c1-3-7-27-21-29(11-9-25(27)5-1)41-23-37-35-15-13-32-31(33(35)17-19-39(37)43-41)14-16-36-34(32)18-20-40-38(36)24-42(44-40)30-12-10-26-6-2-4-8-28(26)22-30/h1-24H. The first-order valence-corrected chi connectivity index (χ1v) is 16.6. The van der Waals surface area contributed by atoms with Crippen LogP contribution in [0.15, 0.2) is 146 Å². The average Bonchev–Trinajstić information content (AvgIpc) is 3.73. The van der Waals surface area contributed by atoms with Gasteiger partial charge in [0.1, 0.15) is 0 Å². The van der Waals surface area contributed by atoms with Gasteiger partial charge in [0.05, 0.1) is 0 Å². The van der Waals surface area contributed by atoms with Crippen LogP contribution in [0.4, 0.5) is 0 Å². The van der Waals surface area contributed by atoms with E-state index in [2.05, 4.69) is 146 Å². The summed E-state index contributed by atoms with van der Waals surface area (Å²) in [4.78, 5) is 2.64. The molecule has 0 aliphatic heterocycles. The second-order valence-electron chi connectivity index (χ2n) is 11.7. The maximum Gasteiger partial charge on any atom is 0.0355 e. The molecule has 0 N–H and O–H groups in total. The van der Waals surface area contributed by atoms with Gasteiger partial charge in [-0.2, -0.15) is 0 Å². The van der Waals surface area contributed by atoms with Crippen LogP contribution in [0.2, 0.25) is 0 Å². The number of hydrogen-bond acceptors (Lipinski definition) is 2. The molecule has 2 heteroatoms. The van der Waals surface area contributed by atoms with Crippen LogP contribution in [0.3, 0.4) is 0 Å². The first-order valence-electron chi connectivity index (χ1n) is 15.0. The van der Waals surface area contributed by atoms with Crippen molar-refractivity contribution in [1.29, 1.82) is 0 Å². The Kier molecular flexibility index (Phi) is 5.13. The lowest BCUT2D eigenvalue weighted by Gasteiger charge is -2.09. The van der Waals surface area contributed by atoms with Gasteiger partial charge in [-0.3, -0.25) is 0 Å². The largest absolute Gasteiger partial charge is 0.135 e. The van der Waals surface area contributed by atoms with Gasteiger partial charge in [0.15, 0.2) is 0 Å². The van der Waals surface area contributed by atoms with Crippen molar-refractivity contribution in [2.24, 2.45) is 0 Å². The molecule has 2 heterocycles. The highest BCUT2D eigenvalue weighted by molar-refractivity contribution is 7.22. The van der Waals surface area contributed by atoms with Crippen molar-refractivity contribution in [3.63, 3.8) is 0 Å². The van der Waals surface area contributed by atoms with Crippen molar-refractivity contribution < 1.29 is 0 Å². The van der Waals surface area contributed by atoms with Gasteiger partial charge in [-0.25, -0.2) is 0 Å². The molecule has 0 aliphatic rings. The Bertz CT molecular complexity index is 2580. The fourth-order valence-corrected chi connectivity index (χ4v) is 9.19. The van der Waals surface area contributed by atoms with Gasteiger partial charge in [0.25, 0.3) is 0 Å². The first kappa shape index (κ1) is 24.4. The summed E-state index contributed by atoms with van der Waals surface area (Å²) in [6, 6.07) is 54.3. The fourth-order valence-electron chi connectivity index (χ4n) is 7.05. The SMILES string of the molecule is c1ccc2cc(-c3cc4c(ccc5c4ccc4c6ccc7sc(-c8ccc9ccccc9c8)cc7c6ccc54)s3)ccc2c1. The van der Waals surface area contributed by atoms with Gasteiger partial charge in [-0.15, -0.1) is 22.7 Å². The predicted molar refractivity (Wildman–Crippen MR) is 196 cm³/mol. The number of rotatable bonds is 2. The molecule has 0 nitrogen and oxygen atoms in total. The first-order chi connectivity index (χ1) is 21.8. The average molecular weight is 593 g/mol. The molecule has 204 valence electrons. The van der Waals surface area contributed by atoms with E-state index in [4.69, 9.17) is 0 Å². The van der Waals surface area contributed by atoms with E-state index in [0.29, 0.717) is 0 Å². The molecular formula is C42H24S2. The summed E-state index contributed by atoms with van der Waals surface area (Å²) in [5.74, 6) is 0. The van der Waals surface area contributed by atoms with Crippen LogP contribution in [0.5, 0.6) is 0 Å². The Labute approximate surface area is 262 Å². The second kappa shape index (κ2) is 9.24. The van der Waals surface area contributed by atoms with Crippen LogP contribution in [0.1, 0.15) is 0 Å². The van der Waals surface area contributed by atoms with E-state index in [0.717, 1.165) is 0 Å². The molecular weight excluding hydrogens is 569 g/mol. The van der Waals surface area contributed by atoms with Gasteiger partial charge >= 0.3 is 0 Å². The van der Waals surface area contributed by atoms with Gasteiger partial charge in [0, 0.05) is 29.9 Å². The molecule has 0 radical (unpaired) electrons. The lowest BCUT2D eigenvalue weighted by molar-refractivity contribution is 1.74. The molecule has 0 bridgehead atoms. The van der Waals surface area contributed by atoms with E-state index in [9.17, 15) is 0 Å². The van der Waals surface area contributed by atoms with Crippen molar-refractivity contribution in [3.8, 4) is 20.9 Å². The highest BCUT2D eigenvalue weighted by Crippen LogP contribution is 2.43. The second-order valence-corrected chi connectivity index (χ2v) is 13.9. The van der Waals surface area contributed by atoms with Gasteiger partial charge in [-0.1, -0.05) is 109 Å². The molecule has 0 saturated heterocycles. The van der Waals surface area contributed by atoms with E-state index in [1.807, 2.05) is 22.7 Å². The Balaban J connectivity index is 1.12. The lowest BCUT2D eigenvalue weighted by Crippen LogP contribution is -1.82. The normalized spacial score (nSPS) is 12.1. The summed E-state index contributed by atoms with van der Waals surface area (Å²) in [5.41, 5.74) is 2.57. The maximum atomic E-state index is 2.39. The molecule has 8 aromatic carbocycles. The fraction of sp³-hybridized carbons (Fsp3) is 0. The van der Waals surface area contributed by atoms with Crippen LogP contribution in [-0.4, -0.2) is 0 Å². The van der Waals surface area contributed by atoms with Crippen molar-refractivity contribution in [2.75, 3.05) is 0 Å². The van der Waals surface area contributed by atoms with Gasteiger partial charge in [0.2, 0.25) is 0 Å². The quantitative estimate of drug-likeness (QED) is 0.175. The third-order valence-electron chi connectivity index (χ3n) is 9.26. The molecule has 0 fully saturated rings. The molecule has 10 rings (SSSR count). The number of thiophene rings is 2. The van der Waals surface area contributed by atoms with Gasteiger partial charge < -0.3 is 0 Å². The van der Waals surface area contributed by atoms with E-state index in [1.165, 1.54) is 94.9 Å². The Morgan fingerprint density at radius 1 is 0.273 bits per heavy atom. The van der Waals surface area contributed by atoms with Crippen molar-refractivity contribution in [2.45, 2.75) is 0 Å². The minimum Gasteiger partial charge on any atom is -0.135 e. The van der Waals surface area contributed by atoms with E-state index < -0.39 is 0 Å². The highest BCUT2D eigenvalue weighted by atomic mass is 32.1. The summed E-state index contributed by atoms with van der Waals surface area (Å²) >= 11 is 3.77. The third-order valence-corrected chi connectivity index (χ3v) is 11.6. The maximum absolute atomic E-state index is 2.39. The summed E-state index contributed by atoms with van der Waals surface area (Å²) in [5, 5.41) is 15.8. The summed E-state index contributed by atoms with van der Waals surface area (Å²) < 4.78 is 2.67. The van der Waals surface area contributed by atoms with Gasteiger partial charge in [-0.05, 0) is 101 Å². The Hall–Kier alpha value is -5.02. The number of hydrogen-bond donors (Lipinski definition) is 0. The summed E-state index contributed by atoms with van der Waals surface area (Å²) in [6.45, 7) is 0. The van der Waals surface area contributed by atoms with Crippen molar-refractivity contribution in [1.82, 2.24) is 0 Å². The molecule has 0 aliphatic carbocycles.